The van der Waals surface area contributed by atoms with Crippen molar-refractivity contribution in [2.45, 2.75) is 4.90 Å². The van der Waals surface area contributed by atoms with Gasteiger partial charge in [0.15, 0.2) is 0 Å². The molecule has 1 fully saturated rings. The topological polar surface area (TPSA) is 69.7 Å². The van der Waals surface area contributed by atoms with Gasteiger partial charge in [-0.2, -0.15) is 4.31 Å². The average Bonchev–Trinajstić information content (AvgIpc) is 2.69. The number of likely N-dealkylation sites (N-methyl/N-ethyl adjacent to an activating group) is 1. The number of rotatable bonds is 5. The average molecular weight is 410 g/mol. The van der Waals surface area contributed by atoms with Crippen LogP contribution in [0.2, 0.25) is 0 Å². The molecule has 0 saturated carbocycles. The third kappa shape index (κ3) is 5.07. The molecule has 1 aliphatic heterocycles. The monoisotopic (exact) mass is 409 g/mol. The summed E-state index contributed by atoms with van der Waals surface area (Å²) in [6, 6.07) is 16.4. The smallest absolute Gasteiger partial charge is 0.243 e. The molecule has 0 spiro atoms. The molecule has 146 valence electrons. The molecule has 6 nitrogen and oxygen atoms in total. The van der Waals surface area contributed by atoms with Gasteiger partial charge in [-0.25, -0.2) is 8.42 Å². The summed E-state index contributed by atoms with van der Waals surface area (Å²) in [4.78, 5) is 14.3. The lowest BCUT2D eigenvalue weighted by molar-refractivity contribution is -0.131. The molecule has 1 saturated heterocycles. The fourth-order valence-corrected chi connectivity index (χ4v) is 4.10. The maximum Gasteiger partial charge on any atom is 0.243 e. The van der Waals surface area contributed by atoms with Crippen LogP contribution in [-0.2, 0) is 14.8 Å². The van der Waals surface area contributed by atoms with Crippen LogP contribution in [0.4, 0.5) is 0 Å². The van der Waals surface area contributed by atoms with Gasteiger partial charge in [0.1, 0.15) is 0 Å². The van der Waals surface area contributed by atoms with Crippen molar-refractivity contribution in [3.05, 3.63) is 54.6 Å². The van der Waals surface area contributed by atoms with Crippen molar-refractivity contribution in [2.24, 2.45) is 0 Å². The number of halogens is 1. The van der Waals surface area contributed by atoms with E-state index >= 15 is 0 Å². The summed E-state index contributed by atoms with van der Waals surface area (Å²) in [5.74, 6) is -0.170. The van der Waals surface area contributed by atoms with E-state index < -0.39 is 10.0 Å². The highest BCUT2D eigenvalue weighted by Gasteiger charge is 2.26. The number of nitrogens with zero attached hydrogens (tertiary/aromatic N) is 2. The van der Waals surface area contributed by atoms with Crippen LogP contribution in [0.5, 0.6) is 0 Å². The fourth-order valence-electron chi connectivity index (χ4n) is 2.94. The minimum absolute atomic E-state index is 0. The zero-order valence-electron chi connectivity index (χ0n) is 15.2. The number of nitrogens with one attached hydrogen (secondary N) is 1. The van der Waals surface area contributed by atoms with Crippen molar-refractivity contribution in [1.29, 1.82) is 0 Å². The fraction of sp³-hybridized carbons (Fsp3) is 0.316. The first-order valence-corrected chi connectivity index (χ1v) is 10.0. The molecule has 2 aromatic carbocycles. The van der Waals surface area contributed by atoms with Gasteiger partial charge < -0.3 is 10.2 Å². The molecule has 27 heavy (non-hydrogen) atoms. The van der Waals surface area contributed by atoms with Gasteiger partial charge in [-0.1, -0.05) is 42.5 Å². The van der Waals surface area contributed by atoms with E-state index in [-0.39, 0.29) is 29.8 Å². The van der Waals surface area contributed by atoms with E-state index in [0.717, 1.165) is 28.5 Å². The van der Waals surface area contributed by atoms with E-state index in [9.17, 15) is 13.2 Å². The van der Waals surface area contributed by atoms with Crippen LogP contribution in [-0.4, -0.2) is 63.3 Å². The molecule has 0 radical (unpaired) electrons. The van der Waals surface area contributed by atoms with Gasteiger partial charge in [-0.05, 0) is 23.3 Å². The Hall–Kier alpha value is -1.93. The van der Waals surface area contributed by atoms with Crippen molar-refractivity contribution in [3.63, 3.8) is 0 Å². The van der Waals surface area contributed by atoms with E-state index in [4.69, 9.17) is 0 Å². The second-order valence-corrected chi connectivity index (χ2v) is 8.33. The third-order valence-electron chi connectivity index (χ3n) is 4.48. The molecule has 0 bridgehead atoms. The lowest BCUT2D eigenvalue weighted by Gasteiger charge is -2.29. The Bertz CT molecular complexity index is 869. The van der Waals surface area contributed by atoms with Crippen molar-refractivity contribution >= 4 is 28.3 Å². The van der Waals surface area contributed by atoms with Gasteiger partial charge in [0.2, 0.25) is 15.9 Å². The first-order chi connectivity index (χ1) is 12.5. The Morgan fingerprint density at radius 3 is 2.33 bits per heavy atom. The number of hydrogen-bond acceptors (Lipinski definition) is 4. The lowest BCUT2D eigenvalue weighted by atomic mass is 10.1. The van der Waals surface area contributed by atoms with Crippen LogP contribution in [0.25, 0.3) is 11.1 Å². The van der Waals surface area contributed by atoms with Crippen LogP contribution in [0.15, 0.2) is 59.5 Å². The minimum atomic E-state index is -3.73. The highest BCUT2D eigenvalue weighted by atomic mass is 35.5. The number of benzene rings is 2. The maximum atomic E-state index is 12.9. The van der Waals surface area contributed by atoms with E-state index in [1.807, 2.05) is 36.4 Å². The Balaban J connectivity index is 0.00000261. The quantitative estimate of drug-likeness (QED) is 0.817. The first-order valence-electron chi connectivity index (χ1n) is 8.59. The SMILES string of the molecule is CN(CC(=O)N1CCNCC1)S(=O)(=O)c1cccc(-c2ccccc2)c1.Cl. The summed E-state index contributed by atoms with van der Waals surface area (Å²) in [5, 5.41) is 3.18. The number of hydrogen-bond donors (Lipinski definition) is 1. The zero-order chi connectivity index (χ0) is 18.6. The minimum Gasteiger partial charge on any atom is -0.339 e. The summed E-state index contributed by atoms with van der Waals surface area (Å²) >= 11 is 0. The molecule has 0 atom stereocenters. The number of carbonyl (C=O) groups excluding carboxylic acids is 1. The normalized spacial score (nSPS) is 14.7. The molecule has 2 aromatic rings. The Kier molecular flexibility index (Phi) is 7.38. The predicted molar refractivity (Wildman–Crippen MR) is 108 cm³/mol. The second-order valence-electron chi connectivity index (χ2n) is 6.29. The maximum absolute atomic E-state index is 12.9. The number of sulfonamides is 1. The number of piperazine rings is 1. The molecular weight excluding hydrogens is 386 g/mol. The van der Waals surface area contributed by atoms with Crippen LogP contribution < -0.4 is 5.32 Å². The van der Waals surface area contributed by atoms with Gasteiger partial charge in [-0.3, -0.25) is 4.79 Å². The molecule has 0 unspecified atom stereocenters. The third-order valence-corrected chi connectivity index (χ3v) is 6.28. The standard InChI is InChI=1S/C19H23N3O3S.ClH/c1-21(15-19(23)22-12-10-20-11-13-22)26(24,25)18-9-5-8-17(14-18)16-6-3-2-4-7-16;/h2-9,14,20H,10-13,15H2,1H3;1H. The number of carbonyl (C=O) groups is 1. The first kappa shape index (κ1) is 21.4. The van der Waals surface area contributed by atoms with Crippen molar-refractivity contribution < 1.29 is 13.2 Å². The van der Waals surface area contributed by atoms with Crippen molar-refractivity contribution in [2.75, 3.05) is 39.8 Å². The van der Waals surface area contributed by atoms with Crippen LogP contribution in [0.3, 0.4) is 0 Å². The van der Waals surface area contributed by atoms with E-state index in [0.29, 0.717) is 13.1 Å². The lowest BCUT2D eigenvalue weighted by Crippen LogP contribution is -2.49. The second kappa shape index (κ2) is 9.32. The highest BCUT2D eigenvalue weighted by molar-refractivity contribution is 7.89. The van der Waals surface area contributed by atoms with Crippen molar-refractivity contribution in [1.82, 2.24) is 14.5 Å². The van der Waals surface area contributed by atoms with Gasteiger partial charge in [0, 0.05) is 33.2 Å². The van der Waals surface area contributed by atoms with Gasteiger partial charge >= 0.3 is 0 Å². The van der Waals surface area contributed by atoms with E-state index in [1.54, 1.807) is 23.1 Å². The Morgan fingerprint density at radius 1 is 1.04 bits per heavy atom. The highest BCUT2D eigenvalue weighted by Crippen LogP contribution is 2.23. The van der Waals surface area contributed by atoms with Crippen LogP contribution in [0, 0.1) is 0 Å². The molecule has 3 rings (SSSR count). The summed E-state index contributed by atoms with van der Waals surface area (Å²) in [5.41, 5.74) is 1.78. The van der Waals surface area contributed by atoms with Gasteiger partial charge in [0.05, 0.1) is 11.4 Å². The molecule has 0 aliphatic carbocycles. The van der Waals surface area contributed by atoms with E-state index in [2.05, 4.69) is 5.32 Å². The summed E-state index contributed by atoms with van der Waals surface area (Å²) in [6.07, 6.45) is 0. The van der Waals surface area contributed by atoms with Gasteiger partial charge in [0.25, 0.3) is 0 Å². The molecule has 0 aromatic heterocycles. The van der Waals surface area contributed by atoms with Crippen molar-refractivity contribution in [3.8, 4) is 11.1 Å². The van der Waals surface area contributed by atoms with Gasteiger partial charge in [-0.15, -0.1) is 12.4 Å². The van der Waals surface area contributed by atoms with E-state index in [1.165, 1.54) is 7.05 Å². The molecule has 1 aliphatic rings. The summed E-state index contributed by atoms with van der Waals surface area (Å²) in [7, 11) is -2.28. The zero-order valence-corrected chi connectivity index (χ0v) is 16.8. The summed E-state index contributed by atoms with van der Waals surface area (Å²) < 4.78 is 26.9. The predicted octanol–water partition coefficient (Wildman–Crippen LogP) is 1.83. The Labute approximate surface area is 166 Å². The van der Waals surface area contributed by atoms with Crippen LogP contribution in [0.1, 0.15) is 0 Å². The molecule has 8 heteroatoms. The number of amides is 1. The molecule has 1 N–H and O–H groups in total. The molecule has 1 heterocycles. The largest absolute Gasteiger partial charge is 0.339 e. The van der Waals surface area contributed by atoms with Crippen LogP contribution >= 0.6 is 12.4 Å². The molecule has 1 amide bonds. The summed E-state index contributed by atoms with van der Waals surface area (Å²) in [6.45, 7) is 2.53. The molecular formula is C19H24ClN3O3S. The Morgan fingerprint density at radius 2 is 1.67 bits per heavy atom.